The number of carbonyl (C=O) groups excluding carboxylic acids is 1. The molecular weight excluding hydrogens is 418 g/mol. The molecule has 6 nitrogen and oxygen atoms in total. The minimum Gasteiger partial charge on any atom is -0.370 e. The highest BCUT2D eigenvalue weighted by molar-refractivity contribution is 8.01. The van der Waals surface area contributed by atoms with Crippen LogP contribution in [0.2, 0.25) is 0 Å². The number of nitrogens with two attached hydrogens (primary N) is 1. The van der Waals surface area contributed by atoms with Gasteiger partial charge in [0.05, 0.1) is 0 Å². The van der Waals surface area contributed by atoms with Gasteiger partial charge in [-0.05, 0) is 67.3 Å². The summed E-state index contributed by atoms with van der Waals surface area (Å²) < 4.78 is 2.04. The van der Waals surface area contributed by atoms with Crippen LogP contribution >= 0.6 is 11.9 Å². The zero-order chi connectivity index (χ0) is 23.1. The van der Waals surface area contributed by atoms with Crippen molar-refractivity contribution in [3.8, 4) is 0 Å². The predicted octanol–water partition coefficient (Wildman–Crippen LogP) is 4.33. The summed E-state index contributed by atoms with van der Waals surface area (Å²) in [7, 11) is 1.99. The number of benzene rings is 1. The lowest BCUT2D eigenvalue weighted by Gasteiger charge is -2.22. The number of amides is 1. The van der Waals surface area contributed by atoms with Gasteiger partial charge in [0.1, 0.15) is 11.6 Å². The van der Waals surface area contributed by atoms with Gasteiger partial charge in [0.2, 0.25) is 0 Å². The summed E-state index contributed by atoms with van der Waals surface area (Å²) in [6, 6.07) is 13.9. The Hall–Kier alpha value is -2.25. The first kappa shape index (κ1) is 24.4. The lowest BCUT2D eigenvalue weighted by molar-refractivity contribution is 0.0935. The van der Waals surface area contributed by atoms with E-state index in [-0.39, 0.29) is 11.9 Å². The van der Waals surface area contributed by atoms with Gasteiger partial charge >= 0.3 is 0 Å². The van der Waals surface area contributed by atoms with Crippen LogP contribution in [0.25, 0.3) is 0 Å². The molecule has 1 aromatic carbocycles. The van der Waals surface area contributed by atoms with Gasteiger partial charge in [-0.2, -0.15) is 0 Å². The number of hydrogen-bond donors (Lipinski definition) is 3. The molecule has 1 aromatic heterocycles. The van der Waals surface area contributed by atoms with Crippen molar-refractivity contribution in [1.29, 1.82) is 0 Å². The average molecular weight is 456 g/mol. The molecule has 1 heterocycles. The second-order valence-electron chi connectivity index (χ2n) is 9.04. The third-order valence-corrected chi connectivity index (χ3v) is 6.69. The molecule has 1 fully saturated rings. The van der Waals surface area contributed by atoms with Crippen LogP contribution in [0.4, 0.5) is 11.6 Å². The van der Waals surface area contributed by atoms with Crippen LogP contribution in [0.1, 0.15) is 49.5 Å². The molecule has 0 spiro atoms. The van der Waals surface area contributed by atoms with Crippen LogP contribution in [0, 0.1) is 11.8 Å². The van der Waals surface area contributed by atoms with E-state index >= 15 is 0 Å². The quantitative estimate of drug-likeness (QED) is 0.413. The normalized spacial score (nSPS) is 18.3. The number of anilines is 2. The Bertz CT molecular complexity index is 876. The monoisotopic (exact) mass is 455 g/mol. The highest BCUT2D eigenvalue weighted by atomic mass is 32.2. The first-order valence-electron chi connectivity index (χ1n) is 11.6. The molecule has 0 bridgehead atoms. The minimum atomic E-state index is -0.0891. The molecule has 4 N–H and O–H groups in total. The van der Waals surface area contributed by atoms with E-state index in [1.807, 2.05) is 41.7 Å². The van der Waals surface area contributed by atoms with E-state index < -0.39 is 0 Å². The first-order chi connectivity index (χ1) is 15.4. The number of nitrogens with zero attached hydrogens (tertiary/aromatic N) is 2. The van der Waals surface area contributed by atoms with Gasteiger partial charge in [0, 0.05) is 30.4 Å². The molecule has 1 aliphatic rings. The predicted molar refractivity (Wildman–Crippen MR) is 136 cm³/mol. The number of hydrogen-bond acceptors (Lipinski definition) is 6. The van der Waals surface area contributed by atoms with Crippen molar-refractivity contribution < 1.29 is 4.79 Å². The van der Waals surface area contributed by atoms with E-state index in [0.717, 1.165) is 36.9 Å². The largest absolute Gasteiger partial charge is 0.370 e. The van der Waals surface area contributed by atoms with Crippen molar-refractivity contribution in [2.75, 3.05) is 29.8 Å². The Balaban J connectivity index is 1.76. The van der Waals surface area contributed by atoms with E-state index in [0.29, 0.717) is 23.3 Å². The van der Waals surface area contributed by atoms with E-state index in [9.17, 15) is 4.79 Å². The second-order valence-corrected chi connectivity index (χ2v) is 10.7. The minimum absolute atomic E-state index is 0.0157. The number of pyridine rings is 1. The van der Waals surface area contributed by atoms with Gasteiger partial charge in [0.25, 0.3) is 5.91 Å². The molecule has 1 saturated carbocycles. The summed E-state index contributed by atoms with van der Waals surface area (Å²) in [4.78, 5) is 18.0. The maximum atomic E-state index is 13.2. The van der Waals surface area contributed by atoms with Crippen molar-refractivity contribution in [3.05, 3.63) is 53.6 Å². The zero-order valence-electron chi connectivity index (χ0n) is 19.7. The van der Waals surface area contributed by atoms with Crippen molar-refractivity contribution in [3.63, 3.8) is 0 Å². The van der Waals surface area contributed by atoms with E-state index in [2.05, 4.69) is 43.5 Å². The smallest absolute Gasteiger partial charge is 0.251 e. The third kappa shape index (κ3) is 7.41. The molecule has 3 rings (SSSR count). The molecule has 0 radical (unpaired) electrons. The van der Waals surface area contributed by atoms with E-state index in [1.54, 1.807) is 11.9 Å². The Morgan fingerprint density at radius 1 is 1.28 bits per heavy atom. The number of nitrogens with one attached hydrogen (secondary N) is 2. The summed E-state index contributed by atoms with van der Waals surface area (Å²) in [5.74, 6) is 2.90. The van der Waals surface area contributed by atoms with Crippen LogP contribution < -0.4 is 20.7 Å². The van der Waals surface area contributed by atoms with Gasteiger partial charge in [0.15, 0.2) is 0 Å². The lowest BCUT2D eigenvalue weighted by atomic mass is 10.0. The number of carbonyl (C=O) groups is 1. The van der Waals surface area contributed by atoms with E-state index in [1.165, 1.54) is 12.0 Å². The molecule has 0 saturated heterocycles. The molecule has 2 aromatic rings. The molecule has 7 heteroatoms. The van der Waals surface area contributed by atoms with Gasteiger partial charge in [-0.3, -0.25) is 4.79 Å². The molecule has 0 aliphatic heterocycles. The summed E-state index contributed by atoms with van der Waals surface area (Å²) in [6.45, 7) is 7.98. The Kier molecular flexibility index (Phi) is 8.82. The van der Waals surface area contributed by atoms with Crippen LogP contribution in [-0.2, 0) is 6.42 Å². The Labute approximate surface area is 196 Å². The average Bonchev–Trinajstić information content (AvgIpc) is 3.47. The number of aromatic nitrogens is 1. The fourth-order valence-corrected chi connectivity index (χ4v) is 4.62. The molecule has 3 atom stereocenters. The SMILES string of the molecule is CC(C)SN(C)c1cc(C(=O)N[C@H](CCN)Cc2ccccc2)cc(NC[C@H]2C[C@@H]2C)n1. The summed E-state index contributed by atoms with van der Waals surface area (Å²) in [5, 5.41) is 7.07. The standard InChI is InChI=1S/C25H37N5OS/c1-17(2)32-30(4)24-15-20(14-23(29-24)27-16-21-12-18(21)3)25(31)28-22(10-11-26)13-19-8-6-5-7-9-19/h5-9,14-15,17-18,21-22H,10-13,16,26H2,1-4H3,(H,27,29)(H,28,31)/t18-,21+,22+/m0/s1. The van der Waals surface area contributed by atoms with Crippen molar-refractivity contribution in [1.82, 2.24) is 10.3 Å². The van der Waals surface area contributed by atoms with Crippen molar-refractivity contribution in [2.24, 2.45) is 17.6 Å². The summed E-state index contributed by atoms with van der Waals surface area (Å²) in [5.41, 5.74) is 7.64. The van der Waals surface area contributed by atoms with Gasteiger partial charge in [-0.1, -0.05) is 51.1 Å². The Morgan fingerprint density at radius 2 is 2.00 bits per heavy atom. The number of rotatable bonds is 12. The second kappa shape index (κ2) is 11.6. The molecule has 174 valence electrons. The van der Waals surface area contributed by atoms with Crippen LogP contribution in [-0.4, -0.2) is 42.3 Å². The van der Waals surface area contributed by atoms with Gasteiger partial charge < -0.3 is 20.7 Å². The maximum absolute atomic E-state index is 13.2. The van der Waals surface area contributed by atoms with Crippen LogP contribution in [0.15, 0.2) is 42.5 Å². The fourth-order valence-electron chi connectivity index (χ4n) is 3.78. The summed E-state index contributed by atoms with van der Waals surface area (Å²) >= 11 is 1.69. The first-order valence-corrected chi connectivity index (χ1v) is 12.4. The van der Waals surface area contributed by atoms with Crippen molar-refractivity contribution in [2.45, 2.75) is 51.3 Å². The van der Waals surface area contributed by atoms with Gasteiger partial charge in [-0.15, -0.1) is 0 Å². The van der Waals surface area contributed by atoms with E-state index in [4.69, 9.17) is 10.7 Å². The highest BCUT2D eigenvalue weighted by Gasteiger charge is 2.32. The zero-order valence-corrected chi connectivity index (χ0v) is 20.5. The Morgan fingerprint density at radius 3 is 2.62 bits per heavy atom. The lowest BCUT2D eigenvalue weighted by Crippen LogP contribution is -2.38. The molecule has 1 amide bonds. The van der Waals surface area contributed by atoms with Crippen LogP contribution in [0.3, 0.4) is 0 Å². The fraction of sp³-hybridized carbons (Fsp3) is 0.520. The summed E-state index contributed by atoms with van der Waals surface area (Å²) in [6.07, 6.45) is 2.74. The molecule has 1 aliphatic carbocycles. The molecule has 32 heavy (non-hydrogen) atoms. The maximum Gasteiger partial charge on any atom is 0.251 e. The highest BCUT2D eigenvalue weighted by Crippen LogP contribution is 2.37. The van der Waals surface area contributed by atoms with Crippen molar-refractivity contribution >= 4 is 29.5 Å². The molecule has 0 unspecified atom stereocenters. The van der Waals surface area contributed by atoms with Crippen LogP contribution in [0.5, 0.6) is 0 Å². The topological polar surface area (TPSA) is 83.3 Å². The van der Waals surface area contributed by atoms with Gasteiger partial charge in [-0.25, -0.2) is 4.98 Å². The third-order valence-electron chi connectivity index (χ3n) is 5.76. The molecular formula is C25H37N5OS.